The van der Waals surface area contributed by atoms with E-state index in [9.17, 15) is 18.0 Å². The summed E-state index contributed by atoms with van der Waals surface area (Å²) < 4.78 is 38.2. The standard InChI is InChI=1S/C13H15F3N2OS/c1-12(5-2-6-20-12)11(19)18-10-4-3-8(17)7-9(10)13(14,15)16/h3-4,7H,2,5-6,17H2,1H3,(H,18,19). The second-order valence-corrected chi connectivity index (χ2v) is 6.54. The highest BCUT2D eigenvalue weighted by Gasteiger charge is 2.39. The van der Waals surface area contributed by atoms with Gasteiger partial charge in [-0.05, 0) is 43.7 Å². The molecule has 0 aromatic heterocycles. The first-order valence-corrected chi connectivity index (χ1v) is 7.13. The van der Waals surface area contributed by atoms with Crippen molar-refractivity contribution in [3.05, 3.63) is 23.8 Å². The van der Waals surface area contributed by atoms with Crippen molar-refractivity contribution >= 4 is 29.0 Å². The topological polar surface area (TPSA) is 55.1 Å². The second-order valence-electron chi connectivity index (χ2n) is 4.94. The number of anilines is 2. The predicted octanol–water partition coefficient (Wildman–Crippen LogP) is 3.51. The van der Waals surface area contributed by atoms with Crippen molar-refractivity contribution in [2.24, 2.45) is 0 Å². The Morgan fingerprint density at radius 2 is 2.15 bits per heavy atom. The number of carbonyl (C=O) groups is 1. The molecule has 1 atom stereocenters. The molecule has 1 unspecified atom stereocenters. The molecule has 0 bridgehead atoms. The van der Waals surface area contributed by atoms with Crippen LogP contribution in [0.5, 0.6) is 0 Å². The highest BCUT2D eigenvalue weighted by Crippen LogP contribution is 2.40. The monoisotopic (exact) mass is 304 g/mol. The van der Waals surface area contributed by atoms with Crippen LogP contribution in [0.15, 0.2) is 18.2 Å². The SMILES string of the molecule is CC1(C(=O)Nc2ccc(N)cc2C(F)(F)F)CCCS1. The molecule has 0 radical (unpaired) electrons. The number of hydrogen-bond donors (Lipinski definition) is 2. The summed E-state index contributed by atoms with van der Waals surface area (Å²) in [4.78, 5) is 12.2. The molecule has 1 saturated heterocycles. The Hall–Kier alpha value is -1.37. The molecule has 3 N–H and O–H groups in total. The zero-order valence-corrected chi connectivity index (χ0v) is 11.7. The van der Waals surface area contributed by atoms with Crippen LogP contribution in [0.1, 0.15) is 25.3 Å². The van der Waals surface area contributed by atoms with Gasteiger partial charge in [-0.1, -0.05) is 0 Å². The summed E-state index contributed by atoms with van der Waals surface area (Å²) in [7, 11) is 0. The summed E-state index contributed by atoms with van der Waals surface area (Å²) in [6.45, 7) is 1.75. The first-order valence-electron chi connectivity index (χ1n) is 6.14. The van der Waals surface area contributed by atoms with E-state index in [1.807, 2.05) is 0 Å². The van der Waals surface area contributed by atoms with Crippen molar-refractivity contribution < 1.29 is 18.0 Å². The van der Waals surface area contributed by atoms with Crippen molar-refractivity contribution in [3.63, 3.8) is 0 Å². The van der Waals surface area contributed by atoms with Crippen LogP contribution in [-0.4, -0.2) is 16.4 Å². The third-order valence-corrected chi connectivity index (χ3v) is 4.82. The molecular weight excluding hydrogens is 289 g/mol. The van der Waals surface area contributed by atoms with E-state index in [4.69, 9.17) is 5.73 Å². The molecule has 0 aliphatic carbocycles. The number of benzene rings is 1. The highest BCUT2D eigenvalue weighted by molar-refractivity contribution is 8.01. The maximum atomic E-state index is 12.9. The first kappa shape index (κ1) is 15.0. The average molecular weight is 304 g/mol. The van der Waals surface area contributed by atoms with Gasteiger partial charge >= 0.3 is 6.18 Å². The van der Waals surface area contributed by atoms with E-state index in [1.54, 1.807) is 6.92 Å². The van der Waals surface area contributed by atoms with Crippen LogP contribution < -0.4 is 11.1 Å². The number of rotatable bonds is 2. The van der Waals surface area contributed by atoms with Crippen LogP contribution in [0, 0.1) is 0 Å². The molecule has 0 spiro atoms. The van der Waals surface area contributed by atoms with Crippen molar-refractivity contribution in [1.29, 1.82) is 0 Å². The minimum absolute atomic E-state index is 0.0109. The van der Waals surface area contributed by atoms with E-state index in [1.165, 1.54) is 23.9 Å². The maximum Gasteiger partial charge on any atom is 0.418 e. The fraction of sp³-hybridized carbons (Fsp3) is 0.462. The lowest BCUT2D eigenvalue weighted by Crippen LogP contribution is -2.35. The molecule has 1 fully saturated rings. The number of halogens is 3. The zero-order valence-electron chi connectivity index (χ0n) is 10.9. The first-order chi connectivity index (χ1) is 9.22. The van der Waals surface area contributed by atoms with Gasteiger partial charge in [0, 0.05) is 5.69 Å². The van der Waals surface area contributed by atoms with E-state index in [0.717, 1.165) is 18.2 Å². The second kappa shape index (κ2) is 5.20. The molecule has 1 aliphatic heterocycles. The molecular formula is C13H15F3N2OS. The van der Waals surface area contributed by atoms with Crippen molar-refractivity contribution in [2.45, 2.75) is 30.7 Å². The summed E-state index contributed by atoms with van der Waals surface area (Å²) >= 11 is 1.47. The maximum absolute atomic E-state index is 12.9. The fourth-order valence-corrected chi connectivity index (χ4v) is 3.33. The Kier molecular flexibility index (Phi) is 3.90. The van der Waals surface area contributed by atoms with Gasteiger partial charge in [-0.25, -0.2) is 0 Å². The summed E-state index contributed by atoms with van der Waals surface area (Å²) in [6.07, 6.45) is -3.00. The summed E-state index contributed by atoms with van der Waals surface area (Å²) in [5.74, 6) is 0.452. The van der Waals surface area contributed by atoms with E-state index < -0.39 is 22.4 Å². The highest BCUT2D eigenvalue weighted by atomic mass is 32.2. The van der Waals surface area contributed by atoms with Crippen LogP contribution >= 0.6 is 11.8 Å². The minimum atomic E-state index is -4.55. The third kappa shape index (κ3) is 3.03. The summed E-state index contributed by atoms with van der Waals surface area (Å²) in [6, 6.07) is 3.37. The molecule has 20 heavy (non-hydrogen) atoms. The number of alkyl halides is 3. The third-order valence-electron chi connectivity index (χ3n) is 3.30. The quantitative estimate of drug-likeness (QED) is 0.822. The Balaban J connectivity index is 2.27. The van der Waals surface area contributed by atoms with E-state index in [0.29, 0.717) is 6.42 Å². The molecule has 1 aromatic carbocycles. The number of carbonyl (C=O) groups excluding carboxylic acids is 1. The van der Waals surface area contributed by atoms with Gasteiger partial charge in [0.1, 0.15) is 0 Å². The molecule has 1 aromatic rings. The largest absolute Gasteiger partial charge is 0.418 e. The lowest BCUT2D eigenvalue weighted by Gasteiger charge is -2.23. The Morgan fingerprint density at radius 1 is 1.45 bits per heavy atom. The Bertz CT molecular complexity index is 525. The summed E-state index contributed by atoms with van der Waals surface area (Å²) in [5.41, 5.74) is 4.23. The van der Waals surface area contributed by atoms with E-state index in [-0.39, 0.29) is 11.4 Å². The van der Waals surface area contributed by atoms with Crippen LogP contribution in [0.25, 0.3) is 0 Å². The number of nitrogens with one attached hydrogen (secondary N) is 1. The van der Waals surface area contributed by atoms with Gasteiger partial charge in [-0.2, -0.15) is 13.2 Å². The predicted molar refractivity (Wildman–Crippen MR) is 74.6 cm³/mol. The van der Waals surface area contributed by atoms with Gasteiger partial charge < -0.3 is 11.1 Å². The van der Waals surface area contributed by atoms with Crippen LogP contribution in [-0.2, 0) is 11.0 Å². The molecule has 1 aliphatic rings. The van der Waals surface area contributed by atoms with Gasteiger partial charge in [0.15, 0.2) is 0 Å². The van der Waals surface area contributed by atoms with Crippen molar-refractivity contribution in [3.8, 4) is 0 Å². The molecule has 110 valence electrons. The van der Waals surface area contributed by atoms with Crippen molar-refractivity contribution in [2.75, 3.05) is 16.8 Å². The Labute approximate surface area is 119 Å². The smallest absolute Gasteiger partial charge is 0.399 e. The molecule has 2 rings (SSSR count). The fourth-order valence-electron chi connectivity index (χ4n) is 2.12. The molecule has 1 heterocycles. The number of hydrogen-bond acceptors (Lipinski definition) is 3. The normalized spacial score (nSPS) is 22.8. The lowest BCUT2D eigenvalue weighted by molar-refractivity contribution is -0.136. The Morgan fingerprint density at radius 3 is 2.70 bits per heavy atom. The summed E-state index contributed by atoms with van der Waals surface area (Å²) in [5, 5.41) is 2.39. The van der Waals surface area contributed by atoms with Crippen LogP contribution in [0.2, 0.25) is 0 Å². The number of thioether (sulfide) groups is 1. The van der Waals surface area contributed by atoms with E-state index >= 15 is 0 Å². The lowest BCUT2D eigenvalue weighted by atomic mass is 10.0. The number of nitrogen functional groups attached to an aromatic ring is 1. The van der Waals surface area contributed by atoms with E-state index in [2.05, 4.69) is 5.32 Å². The average Bonchev–Trinajstić information content (AvgIpc) is 2.78. The molecule has 3 nitrogen and oxygen atoms in total. The number of nitrogens with two attached hydrogens (primary N) is 1. The van der Waals surface area contributed by atoms with Crippen LogP contribution in [0.4, 0.5) is 24.5 Å². The van der Waals surface area contributed by atoms with Crippen LogP contribution in [0.3, 0.4) is 0 Å². The molecule has 1 amide bonds. The van der Waals surface area contributed by atoms with Gasteiger partial charge in [0.05, 0.1) is 16.0 Å². The molecule has 0 saturated carbocycles. The van der Waals surface area contributed by atoms with Gasteiger partial charge in [0.25, 0.3) is 0 Å². The van der Waals surface area contributed by atoms with Crippen molar-refractivity contribution in [1.82, 2.24) is 0 Å². The number of amides is 1. The molecule has 7 heteroatoms. The minimum Gasteiger partial charge on any atom is -0.399 e. The zero-order chi connectivity index (χ0) is 15.0. The van der Waals surface area contributed by atoms with Gasteiger partial charge in [0.2, 0.25) is 5.91 Å². The van der Waals surface area contributed by atoms with Gasteiger partial charge in [-0.3, -0.25) is 4.79 Å². The van der Waals surface area contributed by atoms with Gasteiger partial charge in [-0.15, -0.1) is 11.8 Å².